The van der Waals surface area contributed by atoms with Crippen molar-refractivity contribution in [2.24, 2.45) is 0 Å². The maximum atomic E-state index is 13.0. The summed E-state index contributed by atoms with van der Waals surface area (Å²) >= 11 is 3.14. The minimum atomic E-state index is -0.267. The summed E-state index contributed by atoms with van der Waals surface area (Å²) in [5.74, 6) is 0.436. The number of nitrogens with one attached hydrogen (secondary N) is 1. The Bertz CT molecular complexity index is 346. The van der Waals surface area contributed by atoms with Gasteiger partial charge in [-0.1, -0.05) is 6.92 Å². The van der Waals surface area contributed by atoms with Gasteiger partial charge in [0.25, 0.3) is 0 Å². The zero-order chi connectivity index (χ0) is 12.7. The molecule has 1 unspecified atom stereocenters. The molecular formula is C13H19BrFNO. The second-order valence-electron chi connectivity index (χ2n) is 4.00. The fourth-order valence-corrected chi connectivity index (χ4v) is 1.89. The molecule has 0 aliphatic carbocycles. The lowest BCUT2D eigenvalue weighted by molar-refractivity contribution is 0.207. The Morgan fingerprint density at radius 2 is 2.24 bits per heavy atom. The van der Waals surface area contributed by atoms with Crippen molar-refractivity contribution in [1.82, 2.24) is 5.32 Å². The van der Waals surface area contributed by atoms with Gasteiger partial charge in [0.05, 0.1) is 10.6 Å². The van der Waals surface area contributed by atoms with E-state index in [9.17, 15) is 4.39 Å². The molecule has 0 aliphatic rings. The molecule has 0 bridgehead atoms. The van der Waals surface area contributed by atoms with Gasteiger partial charge in [-0.15, -0.1) is 0 Å². The quantitative estimate of drug-likeness (QED) is 0.775. The smallest absolute Gasteiger partial charge is 0.137 e. The summed E-state index contributed by atoms with van der Waals surface area (Å²) in [6.45, 7) is 6.14. The molecular weight excluding hydrogens is 285 g/mol. The van der Waals surface area contributed by atoms with E-state index in [1.54, 1.807) is 12.1 Å². The van der Waals surface area contributed by atoms with Gasteiger partial charge in [0.15, 0.2) is 0 Å². The lowest BCUT2D eigenvalue weighted by Gasteiger charge is -2.15. The molecule has 0 saturated carbocycles. The fraction of sp³-hybridized carbons (Fsp3) is 0.538. The molecule has 1 atom stereocenters. The molecule has 0 aliphatic heterocycles. The van der Waals surface area contributed by atoms with E-state index in [4.69, 9.17) is 4.74 Å². The predicted octanol–water partition coefficient (Wildman–Crippen LogP) is 3.75. The van der Waals surface area contributed by atoms with Crippen molar-refractivity contribution >= 4 is 15.9 Å². The van der Waals surface area contributed by atoms with Crippen LogP contribution < -0.4 is 10.1 Å². The highest BCUT2D eigenvalue weighted by Crippen LogP contribution is 2.23. The summed E-state index contributed by atoms with van der Waals surface area (Å²) in [5.41, 5.74) is 0. The number of ether oxygens (including phenoxy) is 1. The Morgan fingerprint density at radius 1 is 1.47 bits per heavy atom. The van der Waals surface area contributed by atoms with Crippen molar-refractivity contribution in [1.29, 1.82) is 0 Å². The van der Waals surface area contributed by atoms with Crippen LogP contribution in [-0.2, 0) is 0 Å². The minimum absolute atomic E-state index is 0.144. The molecule has 1 rings (SSSR count). The van der Waals surface area contributed by atoms with Gasteiger partial charge in [-0.05, 0) is 67.0 Å². The van der Waals surface area contributed by atoms with Crippen molar-refractivity contribution in [3.8, 4) is 5.75 Å². The van der Waals surface area contributed by atoms with Crippen LogP contribution in [0.25, 0.3) is 0 Å². The molecule has 4 heteroatoms. The van der Waals surface area contributed by atoms with Gasteiger partial charge in [0.1, 0.15) is 11.6 Å². The van der Waals surface area contributed by atoms with Crippen molar-refractivity contribution in [2.45, 2.75) is 32.8 Å². The average Bonchev–Trinajstić information content (AvgIpc) is 2.30. The number of benzene rings is 1. The van der Waals surface area contributed by atoms with Gasteiger partial charge < -0.3 is 10.1 Å². The van der Waals surface area contributed by atoms with Crippen LogP contribution in [0.1, 0.15) is 26.7 Å². The molecule has 0 heterocycles. The van der Waals surface area contributed by atoms with Gasteiger partial charge in [-0.3, -0.25) is 0 Å². The average molecular weight is 304 g/mol. The van der Waals surface area contributed by atoms with Crippen LogP contribution in [0.15, 0.2) is 22.7 Å². The number of hydrogen-bond acceptors (Lipinski definition) is 2. The van der Waals surface area contributed by atoms with Crippen LogP contribution in [0.4, 0.5) is 4.39 Å². The summed E-state index contributed by atoms with van der Waals surface area (Å²) < 4.78 is 19.2. The van der Waals surface area contributed by atoms with E-state index >= 15 is 0 Å². The highest BCUT2D eigenvalue weighted by atomic mass is 79.9. The first kappa shape index (κ1) is 14.5. The van der Waals surface area contributed by atoms with Crippen LogP contribution in [-0.4, -0.2) is 19.2 Å². The van der Waals surface area contributed by atoms with E-state index in [0.29, 0.717) is 10.2 Å². The minimum Gasteiger partial charge on any atom is -0.491 e. The second kappa shape index (κ2) is 7.67. The molecule has 1 aromatic rings. The normalized spacial score (nSPS) is 12.5. The Balaban J connectivity index is 2.34. The third-order valence-corrected chi connectivity index (χ3v) is 3.05. The topological polar surface area (TPSA) is 21.3 Å². The van der Waals surface area contributed by atoms with Crippen molar-refractivity contribution in [3.05, 3.63) is 28.5 Å². The number of hydrogen-bond donors (Lipinski definition) is 1. The third kappa shape index (κ3) is 5.50. The maximum Gasteiger partial charge on any atom is 0.137 e. The van der Waals surface area contributed by atoms with E-state index < -0.39 is 0 Å². The van der Waals surface area contributed by atoms with Gasteiger partial charge in [0.2, 0.25) is 0 Å². The summed E-state index contributed by atoms with van der Waals surface area (Å²) in [6, 6.07) is 4.72. The van der Waals surface area contributed by atoms with Crippen molar-refractivity contribution in [3.63, 3.8) is 0 Å². The largest absolute Gasteiger partial charge is 0.491 e. The van der Waals surface area contributed by atoms with E-state index in [1.807, 2.05) is 6.92 Å². The molecule has 17 heavy (non-hydrogen) atoms. The Hall–Kier alpha value is -0.610. The lowest BCUT2D eigenvalue weighted by Crippen LogP contribution is -2.18. The van der Waals surface area contributed by atoms with Crippen LogP contribution >= 0.6 is 15.9 Å². The highest BCUT2D eigenvalue weighted by Gasteiger charge is 2.06. The molecule has 0 radical (unpaired) electrons. The Kier molecular flexibility index (Phi) is 6.52. The molecule has 1 N–H and O–H groups in total. The molecule has 0 saturated heterocycles. The fourth-order valence-electron chi connectivity index (χ4n) is 1.53. The predicted molar refractivity (Wildman–Crippen MR) is 72.0 cm³/mol. The van der Waals surface area contributed by atoms with Crippen LogP contribution in [0.2, 0.25) is 0 Å². The molecule has 0 spiro atoms. The standard InChI is InChI=1S/C13H19BrFNO/c1-3-16-8-4-5-10(2)17-11-6-7-13(15)12(14)9-11/h6-7,9-10,16H,3-5,8H2,1-2H3. The van der Waals surface area contributed by atoms with Crippen LogP contribution in [0.3, 0.4) is 0 Å². The molecule has 0 amide bonds. The summed E-state index contributed by atoms with van der Waals surface area (Å²) in [4.78, 5) is 0. The summed E-state index contributed by atoms with van der Waals surface area (Å²) in [6.07, 6.45) is 2.21. The van der Waals surface area contributed by atoms with Gasteiger partial charge >= 0.3 is 0 Å². The van der Waals surface area contributed by atoms with E-state index in [0.717, 1.165) is 25.9 Å². The zero-order valence-electron chi connectivity index (χ0n) is 10.3. The van der Waals surface area contributed by atoms with Crippen molar-refractivity contribution < 1.29 is 9.13 Å². The van der Waals surface area contributed by atoms with E-state index in [-0.39, 0.29) is 11.9 Å². The zero-order valence-corrected chi connectivity index (χ0v) is 11.9. The molecule has 0 aromatic heterocycles. The molecule has 1 aromatic carbocycles. The second-order valence-corrected chi connectivity index (χ2v) is 4.85. The summed E-state index contributed by atoms with van der Waals surface area (Å²) in [7, 11) is 0. The maximum absolute atomic E-state index is 13.0. The van der Waals surface area contributed by atoms with Crippen LogP contribution in [0, 0.1) is 5.82 Å². The lowest BCUT2D eigenvalue weighted by atomic mass is 10.2. The first-order valence-corrected chi connectivity index (χ1v) is 6.75. The third-order valence-electron chi connectivity index (χ3n) is 2.44. The Morgan fingerprint density at radius 3 is 2.88 bits per heavy atom. The first-order valence-electron chi connectivity index (χ1n) is 5.96. The number of halogens is 2. The van der Waals surface area contributed by atoms with Gasteiger partial charge in [-0.2, -0.15) is 0 Å². The molecule has 96 valence electrons. The Labute approximate surface area is 111 Å². The first-order chi connectivity index (χ1) is 8.13. The van der Waals surface area contributed by atoms with Crippen molar-refractivity contribution in [2.75, 3.05) is 13.1 Å². The SMILES string of the molecule is CCNCCCC(C)Oc1ccc(F)c(Br)c1. The monoisotopic (exact) mass is 303 g/mol. The molecule has 2 nitrogen and oxygen atoms in total. The van der Waals surface area contributed by atoms with E-state index in [1.165, 1.54) is 6.07 Å². The van der Waals surface area contributed by atoms with Crippen LogP contribution in [0.5, 0.6) is 5.75 Å². The van der Waals surface area contributed by atoms with Gasteiger partial charge in [0, 0.05) is 0 Å². The van der Waals surface area contributed by atoms with Gasteiger partial charge in [-0.25, -0.2) is 4.39 Å². The van der Waals surface area contributed by atoms with E-state index in [2.05, 4.69) is 28.2 Å². The highest BCUT2D eigenvalue weighted by molar-refractivity contribution is 9.10. The number of rotatable bonds is 7. The molecule has 0 fully saturated rings. The summed E-state index contributed by atoms with van der Waals surface area (Å²) in [5, 5.41) is 3.27.